The molecule has 0 bridgehead atoms. The number of hydrogen-bond donors (Lipinski definition) is 0. The first-order chi connectivity index (χ1) is 5.76. The van der Waals surface area contributed by atoms with Gasteiger partial charge in [-0.2, -0.15) is 0 Å². The molecule has 1 spiro atoms. The highest BCUT2D eigenvalue weighted by atomic mass is 16.5. The van der Waals surface area contributed by atoms with Crippen LogP contribution in [0.1, 0.15) is 26.2 Å². The van der Waals surface area contributed by atoms with E-state index < -0.39 is 0 Å². The van der Waals surface area contributed by atoms with Crippen molar-refractivity contribution in [1.82, 2.24) is 4.90 Å². The third-order valence-corrected chi connectivity index (χ3v) is 2.74. The second kappa shape index (κ2) is 2.73. The Morgan fingerprint density at radius 2 is 2.25 bits per heavy atom. The Hall–Kier alpha value is -0.570. The maximum Gasteiger partial charge on any atom is 0.222 e. The standard InChI is InChI=1S/C9H15NO2/c1-2-3-8(11)10-6-9(7-10)4-5-12-9/h2-7H2,1H3. The average molecular weight is 169 g/mol. The van der Waals surface area contributed by atoms with E-state index >= 15 is 0 Å². The molecule has 2 aliphatic heterocycles. The van der Waals surface area contributed by atoms with Crippen LogP contribution >= 0.6 is 0 Å². The summed E-state index contributed by atoms with van der Waals surface area (Å²) in [6.07, 6.45) is 2.78. The molecule has 0 N–H and O–H groups in total. The molecule has 0 aliphatic carbocycles. The van der Waals surface area contributed by atoms with E-state index in [1.807, 2.05) is 11.8 Å². The molecule has 0 aromatic rings. The number of nitrogens with zero attached hydrogens (tertiary/aromatic N) is 1. The maximum absolute atomic E-state index is 11.3. The third kappa shape index (κ3) is 1.12. The zero-order valence-corrected chi connectivity index (χ0v) is 7.51. The van der Waals surface area contributed by atoms with Gasteiger partial charge in [-0.3, -0.25) is 4.79 Å². The van der Waals surface area contributed by atoms with Crippen LogP contribution in [0, 0.1) is 0 Å². The summed E-state index contributed by atoms with van der Waals surface area (Å²) in [5.74, 6) is 0.290. The Morgan fingerprint density at radius 1 is 1.58 bits per heavy atom. The summed E-state index contributed by atoms with van der Waals surface area (Å²) in [6, 6.07) is 0. The Morgan fingerprint density at radius 3 is 2.67 bits per heavy atom. The van der Waals surface area contributed by atoms with Gasteiger partial charge in [-0.05, 0) is 6.42 Å². The summed E-state index contributed by atoms with van der Waals surface area (Å²) in [6.45, 7) is 4.60. The van der Waals surface area contributed by atoms with Gasteiger partial charge in [0.05, 0.1) is 19.7 Å². The van der Waals surface area contributed by atoms with Crippen molar-refractivity contribution in [2.75, 3.05) is 19.7 Å². The lowest BCUT2D eigenvalue weighted by Crippen LogP contribution is -2.69. The molecule has 2 aliphatic rings. The van der Waals surface area contributed by atoms with Crippen molar-refractivity contribution in [3.8, 4) is 0 Å². The molecule has 2 fully saturated rings. The molecule has 2 heterocycles. The molecule has 2 saturated heterocycles. The molecule has 0 aromatic heterocycles. The Kier molecular flexibility index (Phi) is 1.83. The van der Waals surface area contributed by atoms with Gasteiger partial charge in [-0.1, -0.05) is 6.92 Å². The monoisotopic (exact) mass is 169 g/mol. The molecule has 2 rings (SSSR count). The lowest BCUT2D eigenvalue weighted by Gasteiger charge is -2.55. The minimum Gasteiger partial charge on any atom is -0.371 e. The number of carbonyl (C=O) groups excluding carboxylic acids is 1. The van der Waals surface area contributed by atoms with E-state index in [0.717, 1.165) is 32.5 Å². The predicted molar refractivity (Wildman–Crippen MR) is 44.8 cm³/mol. The van der Waals surface area contributed by atoms with Gasteiger partial charge in [0.2, 0.25) is 5.91 Å². The minimum absolute atomic E-state index is 0.101. The first-order valence-corrected chi connectivity index (χ1v) is 4.67. The van der Waals surface area contributed by atoms with E-state index in [1.54, 1.807) is 0 Å². The van der Waals surface area contributed by atoms with Gasteiger partial charge in [-0.25, -0.2) is 0 Å². The van der Waals surface area contributed by atoms with Gasteiger partial charge in [0.25, 0.3) is 0 Å². The molecular weight excluding hydrogens is 154 g/mol. The van der Waals surface area contributed by atoms with Crippen LogP contribution in [0.3, 0.4) is 0 Å². The minimum atomic E-state index is 0.101. The van der Waals surface area contributed by atoms with E-state index in [1.165, 1.54) is 0 Å². The Bertz CT molecular complexity index is 191. The van der Waals surface area contributed by atoms with Crippen molar-refractivity contribution in [2.45, 2.75) is 31.8 Å². The second-order valence-electron chi connectivity index (χ2n) is 3.78. The van der Waals surface area contributed by atoms with Crippen LogP contribution in [0.15, 0.2) is 0 Å². The van der Waals surface area contributed by atoms with Crippen LogP contribution in [0.4, 0.5) is 0 Å². The fraction of sp³-hybridized carbons (Fsp3) is 0.889. The maximum atomic E-state index is 11.3. The van der Waals surface area contributed by atoms with Gasteiger partial charge in [0, 0.05) is 12.8 Å². The van der Waals surface area contributed by atoms with Crippen LogP contribution in [-0.4, -0.2) is 36.1 Å². The van der Waals surface area contributed by atoms with Crippen molar-refractivity contribution in [3.05, 3.63) is 0 Å². The van der Waals surface area contributed by atoms with Crippen molar-refractivity contribution in [1.29, 1.82) is 0 Å². The molecular formula is C9H15NO2. The topological polar surface area (TPSA) is 29.5 Å². The fourth-order valence-corrected chi connectivity index (χ4v) is 1.84. The SMILES string of the molecule is CCCC(=O)N1CC2(CCO2)C1. The second-order valence-corrected chi connectivity index (χ2v) is 3.78. The summed E-state index contributed by atoms with van der Waals surface area (Å²) in [4.78, 5) is 13.2. The highest BCUT2D eigenvalue weighted by Crippen LogP contribution is 2.36. The number of rotatable bonds is 2. The first kappa shape index (κ1) is 8.05. The summed E-state index contributed by atoms with van der Waals surface area (Å²) in [5.41, 5.74) is 0.101. The molecule has 12 heavy (non-hydrogen) atoms. The van der Waals surface area contributed by atoms with E-state index in [0.29, 0.717) is 12.3 Å². The molecule has 0 saturated carbocycles. The van der Waals surface area contributed by atoms with Crippen LogP contribution in [-0.2, 0) is 9.53 Å². The van der Waals surface area contributed by atoms with Crippen molar-refractivity contribution >= 4 is 5.91 Å². The van der Waals surface area contributed by atoms with E-state index in [4.69, 9.17) is 4.74 Å². The highest BCUT2D eigenvalue weighted by Gasteiger charge is 2.50. The summed E-state index contributed by atoms with van der Waals surface area (Å²) >= 11 is 0. The number of hydrogen-bond acceptors (Lipinski definition) is 2. The van der Waals surface area contributed by atoms with E-state index in [2.05, 4.69) is 0 Å². The zero-order chi connectivity index (χ0) is 8.60. The number of ether oxygens (including phenoxy) is 1. The molecule has 3 heteroatoms. The van der Waals surface area contributed by atoms with Crippen LogP contribution < -0.4 is 0 Å². The van der Waals surface area contributed by atoms with E-state index in [-0.39, 0.29) is 5.60 Å². The molecule has 0 unspecified atom stereocenters. The van der Waals surface area contributed by atoms with Crippen LogP contribution in [0.5, 0.6) is 0 Å². The number of likely N-dealkylation sites (tertiary alicyclic amines) is 1. The van der Waals surface area contributed by atoms with Gasteiger partial charge in [0.15, 0.2) is 0 Å². The lowest BCUT2D eigenvalue weighted by atomic mass is 9.86. The average Bonchev–Trinajstić information content (AvgIpc) is 1.81. The largest absolute Gasteiger partial charge is 0.371 e. The summed E-state index contributed by atoms with van der Waals surface area (Å²) in [5, 5.41) is 0. The van der Waals surface area contributed by atoms with Gasteiger partial charge in [0.1, 0.15) is 5.60 Å². The Labute approximate surface area is 72.7 Å². The summed E-state index contributed by atoms with van der Waals surface area (Å²) in [7, 11) is 0. The van der Waals surface area contributed by atoms with Crippen LogP contribution in [0.2, 0.25) is 0 Å². The molecule has 0 radical (unpaired) electrons. The smallest absolute Gasteiger partial charge is 0.222 e. The molecule has 3 nitrogen and oxygen atoms in total. The van der Waals surface area contributed by atoms with Gasteiger partial charge in [-0.15, -0.1) is 0 Å². The molecule has 0 aromatic carbocycles. The zero-order valence-electron chi connectivity index (χ0n) is 7.51. The van der Waals surface area contributed by atoms with Crippen LogP contribution in [0.25, 0.3) is 0 Å². The Balaban J connectivity index is 1.76. The first-order valence-electron chi connectivity index (χ1n) is 4.67. The molecule has 68 valence electrons. The molecule has 1 amide bonds. The lowest BCUT2D eigenvalue weighted by molar-refractivity contribution is -0.221. The molecule has 0 atom stereocenters. The van der Waals surface area contributed by atoms with Gasteiger partial charge < -0.3 is 9.64 Å². The highest BCUT2D eigenvalue weighted by molar-refractivity contribution is 5.77. The van der Waals surface area contributed by atoms with E-state index in [9.17, 15) is 4.79 Å². The predicted octanol–water partition coefficient (Wildman–Crippen LogP) is 0.788. The van der Waals surface area contributed by atoms with Crippen molar-refractivity contribution < 1.29 is 9.53 Å². The van der Waals surface area contributed by atoms with Crippen molar-refractivity contribution in [2.24, 2.45) is 0 Å². The third-order valence-electron chi connectivity index (χ3n) is 2.74. The fourth-order valence-electron chi connectivity index (χ4n) is 1.84. The number of amides is 1. The van der Waals surface area contributed by atoms with Crippen molar-refractivity contribution in [3.63, 3.8) is 0 Å². The normalized spacial score (nSPS) is 24.9. The number of carbonyl (C=O) groups is 1. The summed E-state index contributed by atoms with van der Waals surface area (Å²) < 4.78 is 5.42. The quantitative estimate of drug-likeness (QED) is 0.611. The van der Waals surface area contributed by atoms with Gasteiger partial charge >= 0.3 is 0 Å².